The number of rotatable bonds is 5. The molecule has 1 aromatic heterocycles. The Labute approximate surface area is 175 Å². The zero-order valence-electron chi connectivity index (χ0n) is 16.8. The van der Waals surface area contributed by atoms with Crippen molar-refractivity contribution in [3.8, 4) is 16.9 Å². The van der Waals surface area contributed by atoms with Crippen molar-refractivity contribution >= 4 is 17.4 Å². The van der Waals surface area contributed by atoms with Crippen LogP contribution in [0.2, 0.25) is 0 Å². The number of carbonyl (C=O) groups is 2. The summed E-state index contributed by atoms with van der Waals surface area (Å²) in [5, 5.41) is 7.60. The first-order valence-corrected chi connectivity index (χ1v) is 9.66. The average Bonchev–Trinajstić information content (AvgIpc) is 3.21. The Morgan fingerprint density at radius 3 is 2.17 bits per heavy atom. The summed E-state index contributed by atoms with van der Waals surface area (Å²) in [6.07, 6.45) is 1.74. The Bertz CT molecular complexity index is 1190. The van der Waals surface area contributed by atoms with Gasteiger partial charge in [0.1, 0.15) is 5.69 Å². The summed E-state index contributed by atoms with van der Waals surface area (Å²) in [6.45, 7) is 3.53. The zero-order chi connectivity index (χ0) is 21.1. The van der Waals surface area contributed by atoms with Crippen molar-refractivity contribution < 1.29 is 9.59 Å². The molecule has 1 heterocycles. The second kappa shape index (κ2) is 8.17. The molecule has 0 bridgehead atoms. The van der Waals surface area contributed by atoms with Crippen LogP contribution < -0.4 is 5.32 Å². The van der Waals surface area contributed by atoms with E-state index in [1.54, 1.807) is 35.1 Å². The molecular weight excluding hydrogens is 374 g/mol. The topological polar surface area (TPSA) is 64.0 Å². The van der Waals surface area contributed by atoms with Crippen LogP contribution in [0.15, 0.2) is 85.1 Å². The molecule has 4 rings (SSSR count). The fourth-order valence-corrected chi connectivity index (χ4v) is 3.16. The Balaban J connectivity index is 1.71. The fourth-order valence-electron chi connectivity index (χ4n) is 3.16. The van der Waals surface area contributed by atoms with Gasteiger partial charge in [-0.05, 0) is 50.2 Å². The Hall–Kier alpha value is -3.99. The molecule has 0 saturated carbocycles. The summed E-state index contributed by atoms with van der Waals surface area (Å²) in [4.78, 5) is 24.6. The maximum Gasteiger partial charge on any atom is 0.259 e. The Morgan fingerprint density at radius 2 is 1.53 bits per heavy atom. The number of nitrogens with zero attached hydrogens (tertiary/aromatic N) is 2. The highest BCUT2D eigenvalue weighted by molar-refractivity contribution is 6.08. The molecule has 0 aliphatic heterocycles. The first-order valence-electron chi connectivity index (χ1n) is 9.66. The Kier molecular flexibility index (Phi) is 5.26. The number of amides is 1. The van der Waals surface area contributed by atoms with Gasteiger partial charge in [0.2, 0.25) is 0 Å². The van der Waals surface area contributed by atoms with Crippen molar-refractivity contribution in [3.63, 3.8) is 0 Å². The van der Waals surface area contributed by atoms with Crippen molar-refractivity contribution in [1.82, 2.24) is 9.78 Å². The lowest BCUT2D eigenvalue weighted by atomic mass is 10.1. The standard InChI is InChI=1S/C25H21N3O2/c1-17-8-10-20(11-9-17)24-23(16-28(27-24)22-6-4-3-5-7-22)25(30)26-21-14-12-19(13-15-21)18(2)29/h3-16H,1-2H3,(H,26,30). The van der Waals surface area contributed by atoms with Crippen molar-refractivity contribution in [1.29, 1.82) is 0 Å². The van der Waals surface area contributed by atoms with Crippen molar-refractivity contribution in [2.75, 3.05) is 5.32 Å². The molecule has 1 amide bonds. The van der Waals surface area contributed by atoms with Crippen LogP contribution in [0.4, 0.5) is 5.69 Å². The number of hydrogen-bond donors (Lipinski definition) is 1. The van der Waals surface area contributed by atoms with Crippen LogP contribution >= 0.6 is 0 Å². The molecule has 1 N–H and O–H groups in total. The van der Waals surface area contributed by atoms with Gasteiger partial charge in [0.25, 0.3) is 5.91 Å². The SMILES string of the molecule is CC(=O)c1ccc(NC(=O)c2cn(-c3ccccc3)nc2-c2ccc(C)cc2)cc1. The third-order valence-electron chi connectivity index (χ3n) is 4.85. The summed E-state index contributed by atoms with van der Waals surface area (Å²) in [7, 11) is 0. The molecule has 0 aliphatic rings. The number of para-hydroxylation sites is 1. The highest BCUT2D eigenvalue weighted by Crippen LogP contribution is 2.25. The number of nitrogens with one attached hydrogen (secondary N) is 1. The van der Waals surface area contributed by atoms with E-state index >= 15 is 0 Å². The lowest BCUT2D eigenvalue weighted by Gasteiger charge is -2.06. The van der Waals surface area contributed by atoms with Gasteiger partial charge in [-0.1, -0.05) is 48.0 Å². The van der Waals surface area contributed by atoms with Crippen LogP contribution in [0.1, 0.15) is 33.2 Å². The number of aromatic nitrogens is 2. The third-order valence-corrected chi connectivity index (χ3v) is 4.85. The van der Waals surface area contributed by atoms with Crippen LogP contribution in [-0.2, 0) is 0 Å². The van der Waals surface area contributed by atoms with Crippen molar-refractivity contribution in [2.24, 2.45) is 0 Å². The molecule has 5 heteroatoms. The molecule has 0 atom stereocenters. The number of Topliss-reactive ketones (excluding diaryl/α,β-unsaturated/α-hetero) is 1. The number of hydrogen-bond acceptors (Lipinski definition) is 3. The van der Waals surface area contributed by atoms with Crippen molar-refractivity contribution in [2.45, 2.75) is 13.8 Å². The van der Waals surface area contributed by atoms with Gasteiger partial charge in [0, 0.05) is 23.0 Å². The van der Waals surface area contributed by atoms with E-state index in [9.17, 15) is 9.59 Å². The molecule has 5 nitrogen and oxygen atoms in total. The van der Waals surface area contributed by atoms with E-state index in [2.05, 4.69) is 5.32 Å². The van der Waals surface area contributed by atoms with Crippen LogP contribution in [0.5, 0.6) is 0 Å². The van der Waals surface area contributed by atoms with Crippen LogP contribution in [0.3, 0.4) is 0 Å². The van der Waals surface area contributed by atoms with E-state index in [0.29, 0.717) is 22.5 Å². The molecule has 0 unspecified atom stereocenters. The van der Waals surface area contributed by atoms with E-state index in [1.807, 2.05) is 61.5 Å². The number of ketones is 1. The Morgan fingerprint density at radius 1 is 0.867 bits per heavy atom. The zero-order valence-corrected chi connectivity index (χ0v) is 16.8. The lowest BCUT2D eigenvalue weighted by molar-refractivity contribution is 0.101. The summed E-state index contributed by atoms with van der Waals surface area (Å²) in [5.74, 6) is -0.276. The fraction of sp³-hybridized carbons (Fsp3) is 0.0800. The lowest BCUT2D eigenvalue weighted by Crippen LogP contribution is -2.12. The minimum absolute atomic E-state index is 0.0151. The van der Waals surface area contributed by atoms with Gasteiger partial charge in [-0.2, -0.15) is 5.10 Å². The monoisotopic (exact) mass is 395 g/mol. The second-order valence-electron chi connectivity index (χ2n) is 7.13. The van der Waals surface area contributed by atoms with Crippen LogP contribution in [0.25, 0.3) is 16.9 Å². The highest BCUT2D eigenvalue weighted by Gasteiger charge is 2.19. The van der Waals surface area contributed by atoms with Crippen LogP contribution in [0, 0.1) is 6.92 Å². The molecule has 30 heavy (non-hydrogen) atoms. The normalized spacial score (nSPS) is 10.6. The predicted molar refractivity (Wildman–Crippen MR) is 118 cm³/mol. The summed E-state index contributed by atoms with van der Waals surface area (Å²) >= 11 is 0. The molecule has 0 radical (unpaired) electrons. The first kappa shape index (κ1) is 19.3. The minimum Gasteiger partial charge on any atom is -0.322 e. The first-order chi connectivity index (χ1) is 14.5. The number of anilines is 1. The largest absolute Gasteiger partial charge is 0.322 e. The van der Waals surface area contributed by atoms with Gasteiger partial charge in [0.05, 0.1) is 11.3 Å². The molecular formula is C25H21N3O2. The predicted octanol–water partition coefficient (Wildman–Crippen LogP) is 5.30. The average molecular weight is 395 g/mol. The van der Waals surface area contributed by atoms with E-state index in [-0.39, 0.29) is 11.7 Å². The maximum absolute atomic E-state index is 13.1. The van der Waals surface area contributed by atoms with E-state index < -0.39 is 0 Å². The second-order valence-corrected chi connectivity index (χ2v) is 7.13. The quantitative estimate of drug-likeness (QED) is 0.466. The van der Waals surface area contributed by atoms with Crippen LogP contribution in [-0.4, -0.2) is 21.5 Å². The summed E-state index contributed by atoms with van der Waals surface area (Å²) in [6, 6.07) is 24.4. The third kappa shape index (κ3) is 4.05. The van der Waals surface area contributed by atoms with Gasteiger partial charge in [0.15, 0.2) is 5.78 Å². The van der Waals surface area contributed by atoms with Gasteiger partial charge >= 0.3 is 0 Å². The molecule has 4 aromatic rings. The molecule has 0 saturated heterocycles. The van der Waals surface area contributed by atoms with Crippen molar-refractivity contribution in [3.05, 3.63) is 102 Å². The minimum atomic E-state index is -0.261. The maximum atomic E-state index is 13.1. The van der Waals surface area contributed by atoms with Gasteiger partial charge in [-0.25, -0.2) is 4.68 Å². The van der Waals surface area contributed by atoms with E-state index in [1.165, 1.54) is 6.92 Å². The smallest absolute Gasteiger partial charge is 0.259 e. The summed E-state index contributed by atoms with van der Waals surface area (Å²) < 4.78 is 1.71. The summed E-state index contributed by atoms with van der Waals surface area (Å²) in [5.41, 5.74) is 5.17. The van der Waals surface area contributed by atoms with E-state index in [4.69, 9.17) is 5.10 Å². The molecule has 0 aliphatic carbocycles. The molecule has 3 aromatic carbocycles. The van der Waals surface area contributed by atoms with E-state index in [0.717, 1.165) is 16.8 Å². The molecule has 0 fully saturated rings. The van der Waals surface area contributed by atoms with Gasteiger partial charge < -0.3 is 5.32 Å². The van der Waals surface area contributed by atoms with Gasteiger partial charge in [-0.15, -0.1) is 0 Å². The number of carbonyl (C=O) groups excluding carboxylic acids is 2. The number of benzene rings is 3. The van der Waals surface area contributed by atoms with Gasteiger partial charge in [-0.3, -0.25) is 9.59 Å². The highest BCUT2D eigenvalue weighted by atomic mass is 16.1. The molecule has 0 spiro atoms. The number of aryl methyl sites for hydroxylation is 1. The molecule has 148 valence electrons.